The summed E-state index contributed by atoms with van der Waals surface area (Å²) in [4.78, 5) is 24.2. The quantitative estimate of drug-likeness (QED) is 0.548. The van der Waals surface area contributed by atoms with Crippen molar-refractivity contribution in [1.29, 1.82) is 0 Å². The zero-order chi connectivity index (χ0) is 19.9. The van der Waals surface area contributed by atoms with Gasteiger partial charge >= 0.3 is 11.8 Å². The van der Waals surface area contributed by atoms with Crippen molar-refractivity contribution in [2.45, 2.75) is 0 Å². The Morgan fingerprint density at radius 2 is 1.29 bits per heavy atom. The highest BCUT2D eigenvalue weighted by molar-refractivity contribution is 6.43. The van der Waals surface area contributed by atoms with Gasteiger partial charge in [0.25, 0.3) is 0 Å². The molecule has 0 fully saturated rings. The number of hydrogen-bond donors (Lipinski definition) is 3. The molecule has 0 aliphatic rings. The van der Waals surface area contributed by atoms with Gasteiger partial charge in [0.15, 0.2) is 0 Å². The lowest BCUT2D eigenvalue weighted by molar-refractivity contribution is -0.132. The average molecular weight is 396 g/mol. The minimum Gasteiger partial charge on any atom is -0.495 e. The van der Waals surface area contributed by atoms with Crippen molar-refractivity contribution in [2.24, 2.45) is 0 Å². The molecule has 3 aromatic carbocycles. The van der Waals surface area contributed by atoms with Gasteiger partial charge in [-0.1, -0.05) is 29.8 Å². The normalized spacial score (nSPS) is 10.1. The van der Waals surface area contributed by atoms with Crippen LogP contribution in [-0.4, -0.2) is 18.9 Å². The number of anilines is 4. The molecule has 0 atom stereocenters. The highest BCUT2D eigenvalue weighted by Crippen LogP contribution is 2.27. The van der Waals surface area contributed by atoms with Crippen LogP contribution in [0.3, 0.4) is 0 Å². The Bertz CT molecular complexity index is 976. The summed E-state index contributed by atoms with van der Waals surface area (Å²) in [6.07, 6.45) is 0. The molecule has 0 spiro atoms. The van der Waals surface area contributed by atoms with Crippen molar-refractivity contribution in [2.75, 3.05) is 23.1 Å². The smallest absolute Gasteiger partial charge is 0.314 e. The first-order valence-corrected chi connectivity index (χ1v) is 8.81. The summed E-state index contributed by atoms with van der Waals surface area (Å²) in [5.41, 5.74) is 2.72. The second kappa shape index (κ2) is 8.92. The van der Waals surface area contributed by atoms with Crippen LogP contribution >= 0.6 is 11.6 Å². The molecular weight excluding hydrogens is 378 g/mol. The molecule has 2 amide bonds. The number of methoxy groups -OCH3 is 1. The lowest BCUT2D eigenvalue weighted by atomic mass is 10.2. The Morgan fingerprint density at radius 3 is 1.89 bits per heavy atom. The number of nitrogens with one attached hydrogen (secondary N) is 3. The molecule has 3 aromatic rings. The number of carbonyl (C=O) groups excluding carboxylic acids is 2. The molecule has 6 nitrogen and oxygen atoms in total. The molecule has 0 heterocycles. The van der Waals surface area contributed by atoms with E-state index in [1.807, 2.05) is 42.5 Å². The van der Waals surface area contributed by atoms with Gasteiger partial charge in [0, 0.05) is 22.7 Å². The van der Waals surface area contributed by atoms with Crippen LogP contribution in [0.2, 0.25) is 5.02 Å². The minimum absolute atomic E-state index is 0.335. The van der Waals surface area contributed by atoms with Crippen LogP contribution in [0.15, 0.2) is 72.8 Å². The number of benzene rings is 3. The Morgan fingerprint density at radius 1 is 0.750 bits per heavy atom. The predicted octanol–water partition coefficient (Wildman–Crippen LogP) is 4.67. The first-order chi connectivity index (χ1) is 13.5. The summed E-state index contributed by atoms with van der Waals surface area (Å²) in [6, 6.07) is 21.5. The van der Waals surface area contributed by atoms with Crippen LogP contribution in [0.1, 0.15) is 0 Å². The summed E-state index contributed by atoms with van der Waals surface area (Å²) < 4.78 is 5.05. The van der Waals surface area contributed by atoms with Crippen molar-refractivity contribution in [3.05, 3.63) is 77.8 Å². The third-order valence-electron chi connectivity index (χ3n) is 3.82. The molecule has 0 saturated carbocycles. The van der Waals surface area contributed by atoms with E-state index >= 15 is 0 Å². The fourth-order valence-electron chi connectivity index (χ4n) is 2.44. The Hall–Kier alpha value is -3.51. The summed E-state index contributed by atoms with van der Waals surface area (Å²) >= 11 is 6.01. The van der Waals surface area contributed by atoms with Gasteiger partial charge in [-0.2, -0.15) is 0 Å². The van der Waals surface area contributed by atoms with E-state index in [0.29, 0.717) is 22.1 Å². The van der Waals surface area contributed by atoms with E-state index in [0.717, 1.165) is 11.4 Å². The van der Waals surface area contributed by atoms with Gasteiger partial charge in [0.1, 0.15) is 5.75 Å². The van der Waals surface area contributed by atoms with E-state index in [4.69, 9.17) is 16.3 Å². The standard InChI is InChI=1S/C21H18ClN3O3/c1-28-19-12-11-17(13-18(19)22)25-21(27)20(26)24-16-9-7-15(8-10-16)23-14-5-3-2-4-6-14/h2-13,23H,1H3,(H,24,26)(H,25,27). The van der Waals surface area contributed by atoms with Crippen molar-refractivity contribution >= 4 is 46.2 Å². The van der Waals surface area contributed by atoms with E-state index in [9.17, 15) is 9.59 Å². The topological polar surface area (TPSA) is 79.5 Å². The van der Waals surface area contributed by atoms with E-state index in [2.05, 4.69) is 16.0 Å². The maximum absolute atomic E-state index is 12.1. The van der Waals surface area contributed by atoms with Crippen LogP contribution in [0, 0.1) is 0 Å². The van der Waals surface area contributed by atoms with Crippen LogP contribution in [0.5, 0.6) is 5.75 Å². The third kappa shape index (κ3) is 5.02. The SMILES string of the molecule is COc1ccc(NC(=O)C(=O)Nc2ccc(Nc3ccccc3)cc2)cc1Cl. The van der Waals surface area contributed by atoms with Crippen LogP contribution in [0.4, 0.5) is 22.7 Å². The van der Waals surface area contributed by atoms with E-state index in [-0.39, 0.29) is 0 Å². The minimum atomic E-state index is -0.798. The molecule has 0 aliphatic carbocycles. The molecule has 3 N–H and O–H groups in total. The second-order valence-corrected chi connectivity index (χ2v) is 6.23. The number of amides is 2. The van der Waals surface area contributed by atoms with Gasteiger partial charge < -0.3 is 20.7 Å². The number of hydrogen-bond acceptors (Lipinski definition) is 4. The number of rotatable bonds is 5. The summed E-state index contributed by atoms with van der Waals surface area (Å²) in [5.74, 6) is -1.10. The summed E-state index contributed by atoms with van der Waals surface area (Å²) in [6.45, 7) is 0. The largest absolute Gasteiger partial charge is 0.495 e. The predicted molar refractivity (Wildman–Crippen MR) is 111 cm³/mol. The van der Waals surface area contributed by atoms with E-state index in [1.54, 1.807) is 24.3 Å². The van der Waals surface area contributed by atoms with Crippen LogP contribution in [-0.2, 0) is 9.59 Å². The summed E-state index contributed by atoms with van der Waals surface area (Å²) in [5, 5.41) is 8.62. The monoisotopic (exact) mass is 395 g/mol. The summed E-state index contributed by atoms with van der Waals surface area (Å²) in [7, 11) is 1.49. The highest BCUT2D eigenvalue weighted by Gasteiger charge is 2.15. The zero-order valence-corrected chi connectivity index (χ0v) is 15.8. The number of halogens is 1. The fourth-order valence-corrected chi connectivity index (χ4v) is 2.70. The molecule has 28 heavy (non-hydrogen) atoms. The lowest BCUT2D eigenvalue weighted by Gasteiger charge is -2.10. The van der Waals surface area contributed by atoms with Gasteiger partial charge in [0.05, 0.1) is 12.1 Å². The maximum atomic E-state index is 12.1. The number of para-hydroxylation sites is 1. The van der Waals surface area contributed by atoms with E-state index in [1.165, 1.54) is 13.2 Å². The lowest BCUT2D eigenvalue weighted by Crippen LogP contribution is -2.29. The molecule has 0 unspecified atom stereocenters. The molecule has 0 aliphatic heterocycles. The molecule has 3 rings (SSSR count). The molecular formula is C21H18ClN3O3. The zero-order valence-electron chi connectivity index (χ0n) is 15.0. The van der Waals surface area contributed by atoms with Crippen molar-refractivity contribution in [3.63, 3.8) is 0 Å². The third-order valence-corrected chi connectivity index (χ3v) is 4.12. The average Bonchev–Trinajstić information content (AvgIpc) is 2.70. The van der Waals surface area contributed by atoms with E-state index < -0.39 is 11.8 Å². The van der Waals surface area contributed by atoms with Gasteiger partial charge in [-0.25, -0.2) is 0 Å². The van der Waals surface area contributed by atoms with Gasteiger partial charge in [0.2, 0.25) is 0 Å². The van der Waals surface area contributed by atoms with Gasteiger partial charge in [-0.3, -0.25) is 9.59 Å². The highest BCUT2D eigenvalue weighted by atomic mass is 35.5. The fraction of sp³-hybridized carbons (Fsp3) is 0.0476. The first-order valence-electron chi connectivity index (χ1n) is 8.43. The Balaban J connectivity index is 1.57. The first kappa shape index (κ1) is 19.3. The maximum Gasteiger partial charge on any atom is 0.314 e. The van der Waals surface area contributed by atoms with Crippen LogP contribution < -0.4 is 20.7 Å². The second-order valence-electron chi connectivity index (χ2n) is 5.83. The number of carbonyl (C=O) groups is 2. The van der Waals surface area contributed by atoms with Crippen LogP contribution in [0.25, 0.3) is 0 Å². The van der Waals surface area contributed by atoms with Gasteiger partial charge in [-0.05, 0) is 54.6 Å². The Kier molecular flexibility index (Phi) is 6.14. The Labute approximate surface area is 167 Å². The van der Waals surface area contributed by atoms with Gasteiger partial charge in [-0.15, -0.1) is 0 Å². The molecule has 0 saturated heterocycles. The molecule has 7 heteroatoms. The van der Waals surface area contributed by atoms with Crippen molar-refractivity contribution in [1.82, 2.24) is 0 Å². The van der Waals surface area contributed by atoms with Crippen molar-refractivity contribution in [3.8, 4) is 5.75 Å². The molecule has 0 aromatic heterocycles. The van der Waals surface area contributed by atoms with Crippen molar-refractivity contribution < 1.29 is 14.3 Å². The molecule has 0 radical (unpaired) electrons. The molecule has 142 valence electrons. The molecule has 0 bridgehead atoms. The number of ether oxygens (including phenoxy) is 1.